The van der Waals surface area contributed by atoms with Gasteiger partial charge in [-0.3, -0.25) is 14.4 Å². The summed E-state index contributed by atoms with van der Waals surface area (Å²) in [4.78, 5) is 14.8. The van der Waals surface area contributed by atoms with E-state index in [1.54, 1.807) is 12.0 Å². The first-order valence-corrected chi connectivity index (χ1v) is 14.0. The molecule has 206 valence electrons. The van der Waals surface area contributed by atoms with Gasteiger partial charge in [-0.1, -0.05) is 12.1 Å². The van der Waals surface area contributed by atoms with Crippen LogP contribution in [0.5, 0.6) is 17.2 Å². The average Bonchev–Trinajstić information content (AvgIpc) is 3.32. The van der Waals surface area contributed by atoms with Crippen LogP contribution < -0.4 is 19.5 Å². The van der Waals surface area contributed by atoms with Gasteiger partial charge in [-0.25, -0.2) is 0 Å². The number of halogens is 1. The van der Waals surface area contributed by atoms with Gasteiger partial charge >= 0.3 is 0 Å². The number of aryl methyl sites for hydroxylation is 1. The number of methoxy groups -OCH3 is 1. The smallest absolute Gasteiger partial charge is 0.276 e. The second-order valence-corrected chi connectivity index (χ2v) is 10.2. The van der Waals surface area contributed by atoms with Crippen LogP contribution in [0.15, 0.2) is 46.6 Å². The Morgan fingerprint density at radius 1 is 1.05 bits per heavy atom. The van der Waals surface area contributed by atoms with Gasteiger partial charge in [0.1, 0.15) is 11.4 Å². The molecule has 2 aromatic carbocycles. The first-order chi connectivity index (χ1) is 18.7. The molecule has 0 aliphatic carbocycles. The number of rotatable bonds is 11. The molecule has 0 spiro atoms. The maximum Gasteiger partial charge on any atom is 0.276 e. The largest absolute Gasteiger partial charge is 0.496 e. The third-order valence-electron chi connectivity index (χ3n) is 6.42. The van der Waals surface area contributed by atoms with Crippen molar-refractivity contribution in [2.24, 2.45) is 0 Å². The van der Waals surface area contributed by atoms with E-state index in [1.807, 2.05) is 74.9 Å². The van der Waals surface area contributed by atoms with Crippen molar-refractivity contribution < 1.29 is 19.0 Å². The Morgan fingerprint density at radius 3 is 2.44 bits per heavy atom. The van der Waals surface area contributed by atoms with Crippen molar-refractivity contribution in [1.29, 1.82) is 0 Å². The van der Waals surface area contributed by atoms with Crippen molar-refractivity contribution in [3.63, 3.8) is 0 Å². The van der Waals surface area contributed by atoms with Gasteiger partial charge < -0.3 is 19.5 Å². The molecular weight excluding hydrogens is 580 g/mol. The minimum Gasteiger partial charge on any atom is -0.496 e. The molecule has 0 bridgehead atoms. The second kappa shape index (κ2) is 12.7. The van der Waals surface area contributed by atoms with Crippen LogP contribution in [-0.2, 0) is 17.8 Å². The van der Waals surface area contributed by atoms with Crippen LogP contribution in [0.4, 0.5) is 0 Å². The number of amides is 1. The second-order valence-electron chi connectivity index (χ2n) is 9.06. The summed E-state index contributed by atoms with van der Waals surface area (Å²) in [6, 6.07) is 11.7. The fourth-order valence-corrected chi connectivity index (χ4v) is 5.00. The summed E-state index contributed by atoms with van der Waals surface area (Å²) in [5.41, 5.74) is 5.25. The molecule has 39 heavy (non-hydrogen) atoms. The number of carbonyl (C=O) groups excluding carboxylic acids is 1. The Bertz CT molecular complexity index is 1420. The predicted octanol–water partition coefficient (Wildman–Crippen LogP) is 5.42. The number of carbonyl (C=O) groups is 1. The summed E-state index contributed by atoms with van der Waals surface area (Å²) in [7, 11) is 1.65. The van der Waals surface area contributed by atoms with Crippen LogP contribution in [0.2, 0.25) is 0 Å². The van der Waals surface area contributed by atoms with E-state index in [9.17, 15) is 4.79 Å². The zero-order valence-corrected chi connectivity index (χ0v) is 25.2. The van der Waals surface area contributed by atoms with Crippen LogP contribution in [0.3, 0.4) is 0 Å². The SMILES string of the molecule is CCOc1ccc(CCN2C(=O)/C(=C\c3ccc(OC)c(Cn4nc(C)c(Br)c4C)c3)NC2=S)cc1OCC. The van der Waals surface area contributed by atoms with Crippen LogP contribution in [0.1, 0.15) is 41.9 Å². The van der Waals surface area contributed by atoms with Gasteiger partial charge in [0, 0.05) is 12.1 Å². The topological polar surface area (TPSA) is 77.8 Å². The van der Waals surface area contributed by atoms with E-state index in [0.29, 0.717) is 55.0 Å². The fourth-order valence-electron chi connectivity index (χ4n) is 4.44. The number of nitrogens with one attached hydrogen (secondary N) is 1. The Kier molecular flexibility index (Phi) is 9.29. The lowest BCUT2D eigenvalue weighted by atomic mass is 10.1. The molecule has 0 saturated carbocycles. The van der Waals surface area contributed by atoms with Gasteiger partial charge in [-0.15, -0.1) is 0 Å². The highest BCUT2D eigenvalue weighted by atomic mass is 79.9. The van der Waals surface area contributed by atoms with E-state index in [2.05, 4.69) is 26.3 Å². The molecule has 0 unspecified atom stereocenters. The molecule has 2 heterocycles. The Hall–Kier alpha value is -3.37. The molecule has 1 aliphatic rings. The lowest BCUT2D eigenvalue weighted by molar-refractivity contribution is -0.122. The zero-order valence-electron chi connectivity index (χ0n) is 22.8. The predicted molar refractivity (Wildman–Crippen MR) is 159 cm³/mol. The monoisotopic (exact) mass is 612 g/mol. The highest BCUT2D eigenvalue weighted by molar-refractivity contribution is 9.10. The maximum absolute atomic E-state index is 13.3. The molecule has 3 aromatic rings. The lowest BCUT2D eigenvalue weighted by Crippen LogP contribution is -2.32. The van der Waals surface area contributed by atoms with Crippen molar-refractivity contribution in [1.82, 2.24) is 20.0 Å². The minimum absolute atomic E-state index is 0.157. The van der Waals surface area contributed by atoms with Crippen LogP contribution in [-0.4, -0.2) is 52.6 Å². The highest BCUT2D eigenvalue weighted by Crippen LogP contribution is 2.29. The van der Waals surface area contributed by atoms with Gasteiger partial charge in [0.2, 0.25) is 0 Å². The molecule has 1 aromatic heterocycles. The summed E-state index contributed by atoms with van der Waals surface area (Å²) in [5, 5.41) is 8.09. The van der Waals surface area contributed by atoms with Gasteiger partial charge in [0.15, 0.2) is 16.6 Å². The molecule has 1 aliphatic heterocycles. The number of hydrogen-bond donors (Lipinski definition) is 1. The maximum atomic E-state index is 13.3. The molecule has 4 rings (SSSR count). The van der Waals surface area contributed by atoms with E-state index in [1.165, 1.54) is 0 Å². The van der Waals surface area contributed by atoms with Gasteiger partial charge in [-0.05, 0) is 104 Å². The third-order valence-corrected chi connectivity index (χ3v) is 7.89. The number of benzene rings is 2. The number of nitrogens with zero attached hydrogens (tertiary/aromatic N) is 3. The van der Waals surface area contributed by atoms with E-state index in [4.69, 9.17) is 26.4 Å². The molecular formula is C29H33BrN4O4S. The number of ether oxygens (including phenoxy) is 3. The first kappa shape index (κ1) is 28.6. The fraction of sp³-hybridized carbons (Fsp3) is 0.345. The number of aromatic nitrogens is 2. The lowest BCUT2D eigenvalue weighted by Gasteiger charge is -2.16. The average molecular weight is 614 g/mol. The van der Waals surface area contributed by atoms with Crippen LogP contribution in [0, 0.1) is 13.8 Å². The van der Waals surface area contributed by atoms with Crippen LogP contribution >= 0.6 is 28.1 Å². The van der Waals surface area contributed by atoms with Crippen molar-refractivity contribution in [3.8, 4) is 17.2 Å². The Labute approximate surface area is 243 Å². The standard InChI is InChI=1S/C29H33BrN4O4S/c1-6-37-25-11-8-20(16-26(25)38-7-2)12-13-33-28(35)23(31-29(33)39)15-21-9-10-24(36-5)22(14-21)17-34-19(4)27(30)18(3)32-34/h8-11,14-16H,6-7,12-13,17H2,1-5H3,(H,31,39)/b23-15+. The third kappa shape index (κ3) is 6.45. The molecule has 8 nitrogen and oxygen atoms in total. The molecule has 1 amide bonds. The normalized spacial score (nSPS) is 14.2. The van der Waals surface area contributed by atoms with E-state index < -0.39 is 0 Å². The van der Waals surface area contributed by atoms with E-state index >= 15 is 0 Å². The van der Waals surface area contributed by atoms with Crippen molar-refractivity contribution in [2.45, 2.75) is 40.7 Å². The summed E-state index contributed by atoms with van der Waals surface area (Å²) < 4.78 is 19.9. The highest BCUT2D eigenvalue weighted by Gasteiger charge is 2.30. The molecule has 0 radical (unpaired) electrons. The Morgan fingerprint density at radius 2 is 1.77 bits per heavy atom. The number of thiocarbonyl (C=S) groups is 1. The molecule has 10 heteroatoms. The van der Waals surface area contributed by atoms with E-state index in [0.717, 1.165) is 38.3 Å². The summed E-state index contributed by atoms with van der Waals surface area (Å²) in [6.07, 6.45) is 2.44. The van der Waals surface area contributed by atoms with Crippen LogP contribution in [0.25, 0.3) is 6.08 Å². The quantitative estimate of drug-likeness (QED) is 0.229. The van der Waals surface area contributed by atoms with Crippen molar-refractivity contribution in [3.05, 3.63) is 74.6 Å². The van der Waals surface area contributed by atoms with Crippen molar-refractivity contribution >= 4 is 45.2 Å². The molecule has 1 saturated heterocycles. The van der Waals surface area contributed by atoms with Gasteiger partial charge in [0.25, 0.3) is 5.91 Å². The molecule has 0 atom stereocenters. The zero-order chi connectivity index (χ0) is 28.1. The van der Waals surface area contributed by atoms with Crippen molar-refractivity contribution in [2.75, 3.05) is 26.9 Å². The van der Waals surface area contributed by atoms with Gasteiger partial charge in [0.05, 0.1) is 42.7 Å². The summed E-state index contributed by atoms with van der Waals surface area (Å²) >= 11 is 9.09. The first-order valence-electron chi connectivity index (χ1n) is 12.8. The molecule has 1 N–H and O–H groups in total. The number of hydrogen-bond acceptors (Lipinski definition) is 6. The Balaban J connectivity index is 1.50. The molecule has 1 fully saturated rings. The minimum atomic E-state index is -0.157. The van der Waals surface area contributed by atoms with E-state index in [-0.39, 0.29) is 5.91 Å². The summed E-state index contributed by atoms with van der Waals surface area (Å²) in [5.74, 6) is 2.02. The summed E-state index contributed by atoms with van der Waals surface area (Å²) in [6.45, 7) is 9.95. The van der Waals surface area contributed by atoms with Gasteiger partial charge in [-0.2, -0.15) is 5.10 Å².